The Hall–Kier alpha value is -3.56. The van der Waals surface area contributed by atoms with E-state index in [0.717, 1.165) is 22.4 Å². The molecule has 10 heteroatoms. The maximum Gasteiger partial charge on any atom is 0.352 e. The van der Waals surface area contributed by atoms with Crippen molar-refractivity contribution in [2.75, 3.05) is 0 Å². The average Bonchev–Trinajstić information content (AvgIpc) is 3.03. The number of non-ortho nitro benzene ring substituents is 1. The quantitative estimate of drug-likeness (QED) is 0.443. The summed E-state index contributed by atoms with van der Waals surface area (Å²) in [5.41, 5.74) is 2.12. The molecule has 1 aromatic carbocycles. The molecule has 0 fully saturated rings. The van der Waals surface area contributed by atoms with E-state index in [-0.39, 0.29) is 12.1 Å². The number of aromatic nitrogens is 4. The molecule has 3 aromatic rings. The van der Waals surface area contributed by atoms with Crippen LogP contribution < -0.4 is 5.69 Å². The highest BCUT2D eigenvalue weighted by Gasteiger charge is 2.25. The maximum absolute atomic E-state index is 12.9. The topological polar surface area (TPSA) is 133 Å². The van der Waals surface area contributed by atoms with Crippen LogP contribution in [0.1, 0.15) is 55.4 Å². The number of aliphatic carboxylic acids is 1. The molecule has 0 amide bonds. The Morgan fingerprint density at radius 2 is 1.93 bits per heavy atom. The highest BCUT2D eigenvalue weighted by molar-refractivity contribution is 5.71. The molecule has 1 atom stereocenters. The van der Waals surface area contributed by atoms with Crippen molar-refractivity contribution in [1.82, 2.24) is 19.2 Å². The molecule has 30 heavy (non-hydrogen) atoms. The molecule has 10 nitrogen and oxygen atoms in total. The minimum Gasteiger partial charge on any atom is -0.480 e. The number of nitrogens with zero attached hydrogens (tertiary/aromatic N) is 5. The number of rotatable bonds is 8. The van der Waals surface area contributed by atoms with Crippen LogP contribution in [-0.2, 0) is 17.6 Å². The molecular formula is C20H23N5O5. The predicted octanol–water partition coefficient (Wildman–Crippen LogP) is 2.69. The van der Waals surface area contributed by atoms with Crippen LogP contribution >= 0.6 is 0 Å². The summed E-state index contributed by atoms with van der Waals surface area (Å²) in [6.07, 6.45) is 2.07. The van der Waals surface area contributed by atoms with Crippen molar-refractivity contribution in [2.45, 2.75) is 52.5 Å². The van der Waals surface area contributed by atoms with E-state index < -0.39 is 22.6 Å². The summed E-state index contributed by atoms with van der Waals surface area (Å²) in [5.74, 6) is -0.684. The number of aryl methyl sites for hydroxylation is 2. The third kappa shape index (κ3) is 3.80. The molecule has 1 N–H and O–H groups in total. The highest BCUT2D eigenvalue weighted by atomic mass is 16.6. The third-order valence-electron chi connectivity index (χ3n) is 5.02. The molecule has 2 aromatic heterocycles. The van der Waals surface area contributed by atoms with E-state index in [1.807, 2.05) is 6.92 Å². The second-order valence-electron chi connectivity index (χ2n) is 7.08. The lowest BCUT2D eigenvalue weighted by atomic mass is 10.0. The second kappa shape index (κ2) is 8.44. The number of hydrogen-bond acceptors (Lipinski definition) is 6. The van der Waals surface area contributed by atoms with Gasteiger partial charge in [0.2, 0.25) is 0 Å². The summed E-state index contributed by atoms with van der Waals surface area (Å²) in [6.45, 7) is 5.39. The molecule has 0 aliphatic carbocycles. The fourth-order valence-electron chi connectivity index (χ4n) is 3.53. The van der Waals surface area contributed by atoms with Crippen LogP contribution in [0.25, 0.3) is 5.65 Å². The lowest BCUT2D eigenvalue weighted by Crippen LogP contribution is -2.30. The van der Waals surface area contributed by atoms with Gasteiger partial charge in [0, 0.05) is 29.8 Å². The van der Waals surface area contributed by atoms with E-state index in [4.69, 9.17) is 0 Å². The number of fused-ring (bicyclic) bond motifs is 1. The average molecular weight is 413 g/mol. The summed E-state index contributed by atoms with van der Waals surface area (Å²) >= 11 is 0. The summed E-state index contributed by atoms with van der Waals surface area (Å²) in [7, 11) is 0. The lowest BCUT2D eigenvalue weighted by molar-refractivity contribution is -0.384. The van der Waals surface area contributed by atoms with Gasteiger partial charge in [-0.1, -0.05) is 32.4 Å². The molecule has 1 unspecified atom stereocenters. The lowest BCUT2D eigenvalue weighted by Gasteiger charge is -2.11. The maximum atomic E-state index is 12.9. The van der Waals surface area contributed by atoms with Crippen molar-refractivity contribution in [3.8, 4) is 0 Å². The zero-order valence-electron chi connectivity index (χ0n) is 17.0. The Labute approximate surface area is 171 Å². The third-order valence-corrected chi connectivity index (χ3v) is 5.02. The van der Waals surface area contributed by atoms with E-state index in [2.05, 4.69) is 10.1 Å². The van der Waals surface area contributed by atoms with Crippen LogP contribution in [-0.4, -0.2) is 35.2 Å². The van der Waals surface area contributed by atoms with E-state index in [1.54, 1.807) is 26.0 Å². The van der Waals surface area contributed by atoms with Crippen molar-refractivity contribution in [3.05, 3.63) is 67.5 Å². The molecule has 3 rings (SSSR count). The van der Waals surface area contributed by atoms with Gasteiger partial charge < -0.3 is 5.11 Å². The van der Waals surface area contributed by atoms with Gasteiger partial charge in [0.25, 0.3) is 5.69 Å². The van der Waals surface area contributed by atoms with Crippen molar-refractivity contribution in [1.29, 1.82) is 0 Å². The molecule has 0 radical (unpaired) electrons. The van der Waals surface area contributed by atoms with Crippen LogP contribution in [0.15, 0.2) is 29.1 Å². The van der Waals surface area contributed by atoms with Crippen molar-refractivity contribution >= 4 is 17.3 Å². The number of carbonyl (C=O) groups is 1. The summed E-state index contributed by atoms with van der Waals surface area (Å²) < 4.78 is 2.34. The molecular weight excluding hydrogens is 390 g/mol. The molecule has 0 bridgehead atoms. The first-order valence-electron chi connectivity index (χ1n) is 9.74. The van der Waals surface area contributed by atoms with E-state index in [0.29, 0.717) is 29.9 Å². The summed E-state index contributed by atoms with van der Waals surface area (Å²) in [4.78, 5) is 39.6. The normalized spacial score (nSPS) is 12.2. The Balaban J connectivity index is 2.21. The van der Waals surface area contributed by atoms with Crippen LogP contribution in [0.5, 0.6) is 0 Å². The molecule has 0 saturated heterocycles. The second-order valence-corrected chi connectivity index (χ2v) is 7.08. The fraction of sp³-hybridized carbons (Fsp3) is 0.400. The highest BCUT2D eigenvalue weighted by Crippen LogP contribution is 2.22. The zero-order chi connectivity index (χ0) is 22.0. The van der Waals surface area contributed by atoms with Gasteiger partial charge >= 0.3 is 11.7 Å². The molecule has 158 valence electrons. The number of nitro groups is 1. The first kappa shape index (κ1) is 21.2. The van der Waals surface area contributed by atoms with Crippen LogP contribution in [0.2, 0.25) is 0 Å². The van der Waals surface area contributed by atoms with Gasteiger partial charge in [-0.25, -0.2) is 19.0 Å². The standard InChI is InChI=1S/C20H23N5O5/c1-4-6-16-15(11-13-7-9-14(10-8-13)25(29)30)18-22-24(17(5-2)19(26)27)20(28)23(18)12(3)21-16/h7-10,17H,4-6,11H2,1-3H3,(H,26,27). The van der Waals surface area contributed by atoms with E-state index in [9.17, 15) is 24.8 Å². The van der Waals surface area contributed by atoms with Crippen molar-refractivity contribution in [2.24, 2.45) is 0 Å². The largest absolute Gasteiger partial charge is 0.480 e. The first-order chi connectivity index (χ1) is 14.3. The van der Waals surface area contributed by atoms with Crippen LogP contribution in [0.3, 0.4) is 0 Å². The molecule has 2 heterocycles. The molecule has 0 spiro atoms. The smallest absolute Gasteiger partial charge is 0.352 e. The van der Waals surface area contributed by atoms with Gasteiger partial charge in [-0.15, -0.1) is 5.10 Å². The molecule has 0 aliphatic rings. The summed E-state index contributed by atoms with van der Waals surface area (Å²) in [6, 6.07) is 5.10. The predicted molar refractivity (Wildman–Crippen MR) is 109 cm³/mol. The zero-order valence-corrected chi connectivity index (χ0v) is 17.0. The fourth-order valence-corrected chi connectivity index (χ4v) is 3.53. The van der Waals surface area contributed by atoms with Gasteiger partial charge in [0.05, 0.1) is 4.92 Å². The Bertz CT molecular complexity index is 1160. The van der Waals surface area contributed by atoms with E-state index in [1.165, 1.54) is 16.5 Å². The van der Waals surface area contributed by atoms with Crippen molar-refractivity contribution < 1.29 is 14.8 Å². The van der Waals surface area contributed by atoms with Gasteiger partial charge in [-0.3, -0.25) is 10.1 Å². The summed E-state index contributed by atoms with van der Waals surface area (Å²) in [5, 5.41) is 24.8. The Kier molecular flexibility index (Phi) is 5.95. The van der Waals surface area contributed by atoms with Gasteiger partial charge in [-0.05, 0) is 25.3 Å². The monoisotopic (exact) mass is 413 g/mol. The number of carboxylic acids is 1. The molecule has 0 saturated carbocycles. The van der Waals surface area contributed by atoms with Gasteiger partial charge in [-0.2, -0.15) is 4.68 Å². The van der Waals surface area contributed by atoms with Crippen LogP contribution in [0.4, 0.5) is 5.69 Å². The van der Waals surface area contributed by atoms with Gasteiger partial charge in [0.15, 0.2) is 11.7 Å². The number of hydrogen-bond donors (Lipinski definition) is 1. The first-order valence-corrected chi connectivity index (χ1v) is 9.74. The SMILES string of the molecule is CCCc1nc(C)n2c(=O)n(C(CC)C(=O)O)nc2c1Cc1ccc([N+](=O)[O-])cc1. The minimum absolute atomic E-state index is 0.00699. The number of nitro benzene ring substituents is 1. The minimum atomic E-state index is -1.13. The number of carboxylic acid groups (broad SMARTS) is 1. The Morgan fingerprint density at radius 1 is 1.27 bits per heavy atom. The van der Waals surface area contributed by atoms with Crippen LogP contribution in [0, 0.1) is 17.0 Å². The van der Waals surface area contributed by atoms with E-state index >= 15 is 0 Å². The van der Waals surface area contributed by atoms with Gasteiger partial charge in [0.1, 0.15) is 5.82 Å². The molecule has 0 aliphatic heterocycles. The van der Waals surface area contributed by atoms with Crippen molar-refractivity contribution in [3.63, 3.8) is 0 Å². The number of benzene rings is 1. The Morgan fingerprint density at radius 3 is 2.47 bits per heavy atom.